The van der Waals surface area contributed by atoms with Crippen LogP contribution in [0.15, 0.2) is 36.9 Å². The summed E-state index contributed by atoms with van der Waals surface area (Å²) in [6, 6.07) is 8.68. The molecule has 1 atom stereocenters. The van der Waals surface area contributed by atoms with E-state index in [9.17, 15) is 0 Å². The van der Waals surface area contributed by atoms with Gasteiger partial charge in [0.05, 0.1) is 0 Å². The number of thioether (sulfide) groups is 1. The summed E-state index contributed by atoms with van der Waals surface area (Å²) in [5, 5.41) is 0. The van der Waals surface area contributed by atoms with Gasteiger partial charge in [-0.25, -0.2) is 0 Å². The lowest BCUT2D eigenvalue weighted by atomic mass is 9.96. The lowest BCUT2D eigenvalue weighted by Crippen LogP contribution is -2.07. The molecule has 0 radical (unpaired) electrons. The predicted octanol–water partition coefficient (Wildman–Crippen LogP) is 3.20. The molecule has 0 bridgehead atoms. The van der Waals surface area contributed by atoms with E-state index in [4.69, 9.17) is 0 Å². The Bertz CT molecular complexity index is 291. The van der Waals surface area contributed by atoms with Crippen LogP contribution in [0.4, 0.5) is 0 Å². The van der Waals surface area contributed by atoms with Gasteiger partial charge < -0.3 is 0 Å². The Morgan fingerprint density at radius 1 is 1.42 bits per heavy atom. The Morgan fingerprint density at radius 2 is 2.25 bits per heavy atom. The van der Waals surface area contributed by atoms with Gasteiger partial charge in [-0.05, 0) is 11.1 Å². The first-order valence-corrected chi connectivity index (χ1v) is 5.35. The molecule has 0 saturated heterocycles. The van der Waals surface area contributed by atoms with Crippen molar-refractivity contribution in [3.8, 4) is 0 Å². The first-order chi connectivity index (χ1) is 5.92. The fourth-order valence-corrected chi connectivity index (χ4v) is 2.78. The molecule has 0 N–H and O–H groups in total. The van der Waals surface area contributed by atoms with Crippen LogP contribution >= 0.6 is 11.8 Å². The topological polar surface area (TPSA) is 0 Å². The molecule has 0 saturated carbocycles. The van der Waals surface area contributed by atoms with Crippen molar-refractivity contribution in [1.82, 2.24) is 0 Å². The first kappa shape index (κ1) is 7.93. The lowest BCUT2D eigenvalue weighted by molar-refractivity contribution is 0.947. The summed E-state index contributed by atoms with van der Waals surface area (Å²) in [6.45, 7) is 3.87. The van der Waals surface area contributed by atoms with Gasteiger partial charge in [0.1, 0.15) is 0 Å². The van der Waals surface area contributed by atoms with E-state index in [1.165, 1.54) is 22.6 Å². The summed E-state index contributed by atoms with van der Waals surface area (Å²) in [6.07, 6.45) is 2.06. The normalized spacial score (nSPS) is 21.5. The molecule has 1 heteroatoms. The maximum atomic E-state index is 3.87. The Hall–Kier alpha value is -0.690. The van der Waals surface area contributed by atoms with E-state index < -0.39 is 0 Å². The van der Waals surface area contributed by atoms with Gasteiger partial charge in [0.15, 0.2) is 0 Å². The molecule has 1 aromatic carbocycles. The molecule has 0 aromatic heterocycles. The van der Waals surface area contributed by atoms with E-state index in [0.29, 0.717) is 5.92 Å². The molecule has 12 heavy (non-hydrogen) atoms. The summed E-state index contributed by atoms with van der Waals surface area (Å²) < 4.78 is 0. The van der Waals surface area contributed by atoms with Crippen LogP contribution in [0, 0.1) is 0 Å². The molecule has 1 aromatic rings. The number of rotatable bonds is 1. The smallest absolute Gasteiger partial charge is 0.0187 e. The highest BCUT2D eigenvalue weighted by atomic mass is 32.2. The van der Waals surface area contributed by atoms with Crippen LogP contribution in [0.1, 0.15) is 17.0 Å². The molecule has 1 aliphatic heterocycles. The minimum absolute atomic E-state index is 0.569. The average Bonchev–Trinajstić information content (AvgIpc) is 2.17. The third-order valence-electron chi connectivity index (χ3n) is 2.29. The number of hydrogen-bond acceptors (Lipinski definition) is 1. The number of benzene rings is 1. The van der Waals surface area contributed by atoms with E-state index in [1.54, 1.807) is 0 Å². The maximum absolute atomic E-state index is 3.87. The third-order valence-corrected chi connectivity index (χ3v) is 3.40. The molecule has 0 fully saturated rings. The second kappa shape index (κ2) is 3.36. The predicted molar refractivity (Wildman–Crippen MR) is 55.5 cm³/mol. The standard InChI is InChI=1S/C11H12S/c1-2-9-7-12-8-10-5-3-4-6-11(9)10/h2-6,9H,1,7-8H2/t9-/m1/s1. The zero-order chi connectivity index (χ0) is 8.39. The van der Waals surface area contributed by atoms with Crippen LogP contribution in [0.2, 0.25) is 0 Å². The van der Waals surface area contributed by atoms with Crippen molar-refractivity contribution in [3.63, 3.8) is 0 Å². The van der Waals surface area contributed by atoms with Crippen molar-refractivity contribution < 1.29 is 0 Å². The summed E-state index contributed by atoms with van der Waals surface area (Å²) in [7, 11) is 0. The molecule has 1 heterocycles. The van der Waals surface area contributed by atoms with Gasteiger partial charge in [-0.1, -0.05) is 30.3 Å². The van der Waals surface area contributed by atoms with Crippen molar-refractivity contribution in [2.24, 2.45) is 0 Å². The Balaban J connectivity index is 2.43. The van der Waals surface area contributed by atoms with Crippen molar-refractivity contribution in [3.05, 3.63) is 48.0 Å². The van der Waals surface area contributed by atoms with E-state index in [1.807, 2.05) is 11.8 Å². The highest BCUT2D eigenvalue weighted by molar-refractivity contribution is 7.98. The highest BCUT2D eigenvalue weighted by Gasteiger charge is 2.16. The van der Waals surface area contributed by atoms with Crippen LogP contribution in [0.5, 0.6) is 0 Å². The number of hydrogen-bond donors (Lipinski definition) is 0. The molecule has 0 nitrogen and oxygen atoms in total. The largest absolute Gasteiger partial charge is 0.156 e. The number of allylic oxidation sites excluding steroid dienone is 1. The molecular weight excluding hydrogens is 164 g/mol. The quantitative estimate of drug-likeness (QED) is 0.592. The maximum Gasteiger partial charge on any atom is 0.0187 e. The van der Waals surface area contributed by atoms with Crippen LogP contribution in [-0.4, -0.2) is 5.75 Å². The Labute approximate surface area is 77.7 Å². The van der Waals surface area contributed by atoms with Crippen molar-refractivity contribution in [1.29, 1.82) is 0 Å². The SMILES string of the molecule is C=C[C@@H]1CSCc2ccccc21. The van der Waals surface area contributed by atoms with E-state index in [2.05, 4.69) is 36.9 Å². The van der Waals surface area contributed by atoms with E-state index in [-0.39, 0.29) is 0 Å². The van der Waals surface area contributed by atoms with Gasteiger partial charge in [-0.2, -0.15) is 11.8 Å². The van der Waals surface area contributed by atoms with Gasteiger partial charge in [-0.3, -0.25) is 0 Å². The van der Waals surface area contributed by atoms with Crippen LogP contribution < -0.4 is 0 Å². The Morgan fingerprint density at radius 3 is 3.08 bits per heavy atom. The fourth-order valence-electron chi connectivity index (χ4n) is 1.61. The summed E-state index contributed by atoms with van der Waals surface area (Å²) in [5.74, 6) is 2.93. The van der Waals surface area contributed by atoms with Gasteiger partial charge in [-0.15, -0.1) is 6.58 Å². The molecule has 1 aliphatic rings. The molecule has 0 amide bonds. The summed E-state index contributed by atoms with van der Waals surface area (Å²) in [4.78, 5) is 0. The van der Waals surface area contributed by atoms with Crippen LogP contribution in [-0.2, 0) is 5.75 Å². The minimum Gasteiger partial charge on any atom is -0.156 e. The monoisotopic (exact) mass is 176 g/mol. The second-order valence-electron chi connectivity index (χ2n) is 3.06. The zero-order valence-corrected chi connectivity index (χ0v) is 7.81. The summed E-state index contributed by atoms with van der Waals surface area (Å²) >= 11 is 2.00. The molecule has 0 aliphatic carbocycles. The Kier molecular flexibility index (Phi) is 2.22. The minimum atomic E-state index is 0.569. The zero-order valence-electron chi connectivity index (χ0n) is 6.99. The van der Waals surface area contributed by atoms with Gasteiger partial charge in [0.25, 0.3) is 0 Å². The average molecular weight is 176 g/mol. The van der Waals surface area contributed by atoms with Crippen LogP contribution in [0.25, 0.3) is 0 Å². The second-order valence-corrected chi connectivity index (χ2v) is 4.09. The van der Waals surface area contributed by atoms with Gasteiger partial charge >= 0.3 is 0 Å². The van der Waals surface area contributed by atoms with E-state index in [0.717, 1.165) is 0 Å². The molecule has 0 unspecified atom stereocenters. The fraction of sp³-hybridized carbons (Fsp3) is 0.273. The molecule has 2 rings (SSSR count). The van der Waals surface area contributed by atoms with Crippen molar-refractivity contribution >= 4 is 11.8 Å². The van der Waals surface area contributed by atoms with Gasteiger partial charge in [0.2, 0.25) is 0 Å². The molecule has 0 spiro atoms. The van der Waals surface area contributed by atoms with Gasteiger partial charge in [0, 0.05) is 17.4 Å². The first-order valence-electron chi connectivity index (χ1n) is 4.20. The summed E-state index contributed by atoms with van der Waals surface area (Å²) in [5.41, 5.74) is 2.96. The van der Waals surface area contributed by atoms with E-state index >= 15 is 0 Å². The number of fused-ring (bicyclic) bond motifs is 1. The highest BCUT2D eigenvalue weighted by Crippen LogP contribution is 2.33. The lowest BCUT2D eigenvalue weighted by Gasteiger charge is -2.21. The van der Waals surface area contributed by atoms with Crippen LogP contribution in [0.3, 0.4) is 0 Å². The van der Waals surface area contributed by atoms with Crippen molar-refractivity contribution in [2.45, 2.75) is 11.7 Å². The molecule has 62 valence electrons. The van der Waals surface area contributed by atoms with Crippen molar-refractivity contribution in [2.75, 3.05) is 5.75 Å². The third kappa shape index (κ3) is 1.29. The molecular formula is C11H12S.